The van der Waals surface area contributed by atoms with Crippen molar-refractivity contribution < 1.29 is 18.4 Å². The van der Waals surface area contributed by atoms with Gasteiger partial charge in [-0.3, -0.25) is 10.1 Å². The van der Waals surface area contributed by atoms with Crippen LogP contribution in [0.4, 0.5) is 5.69 Å². The lowest BCUT2D eigenvalue weighted by Gasteiger charge is -2.20. The Morgan fingerprint density at radius 1 is 1.45 bits per heavy atom. The summed E-state index contributed by atoms with van der Waals surface area (Å²) in [7, 11) is -3.84. The van der Waals surface area contributed by atoms with E-state index in [9.17, 15) is 18.5 Å². The van der Waals surface area contributed by atoms with Crippen LogP contribution in [0.15, 0.2) is 23.1 Å². The van der Waals surface area contributed by atoms with Gasteiger partial charge in [0.1, 0.15) is 5.02 Å². The highest BCUT2D eigenvalue weighted by Gasteiger charge is 2.25. The SMILES string of the molecule is CCN(CCCO)S(=O)(=O)c1ccc(Cl)c([N+](=O)[O-])c1. The molecule has 20 heavy (non-hydrogen) atoms. The molecule has 0 saturated carbocycles. The van der Waals surface area contributed by atoms with Crippen LogP contribution in [0.3, 0.4) is 0 Å². The minimum Gasteiger partial charge on any atom is -0.396 e. The topological polar surface area (TPSA) is 101 Å². The van der Waals surface area contributed by atoms with Gasteiger partial charge in [-0.2, -0.15) is 4.31 Å². The van der Waals surface area contributed by atoms with Crippen LogP contribution in [0.2, 0.25) is 5.02 Å². The maximum absolute atomic E-state index is 12.3. The van der Waals surface area contributed by atoms with E-state index in [1.165, 1.54) is 12.1 Å². The number of rotatable bonds is 7. The predicted octanol–water partition coefficient (Wildman–Crippen LogP) is 1.64. The molecule has 0 aliphatic rings. The third kappa shape index (κ3) is 3.66. The van der Waals surface area contributed by atoms with Crippen molar-refractivity contribution in [2.45, 2.75) is 18.2 Å². The maximum Gasteiger partial charge on any atom is 0.289 e. The molecule has 1 aromatic rings. The largest absolute Gasteiger partial charge is 0.396 e. The maximum atomic E-state index is 12.3. The summed E-state index contributed by atoms with van der Waals surface area (Å²) in [6, 6.07) is 3.36. The molecule has 0 atom stereocenters. The van der Waals surface area contributed by atoms with Crippen molar-refractivity contribution in [3.05, 3.63) is 33.3 Å². The lowest BCUT2D eigenvalue weighted by Crippen LogP contribution is -2.32. The molecular weight excluding hydrogens is 308 g/mol. The van der Waals surface area contributed by atoms with Gasteiger partial charge in [-0.25, -0.2) is 8.42 Å². The highest BCUT2D eigenvalue weighted by molar-refractivity contribution is 7.89. The fraction of sp³-hybridized carbons (Fsp3) is 0.455. The molecule has 0 spiro atoms. The van der Waals surface area contributed by atoms with E-state index in [2.05, 4.69) is 0 Å². The second-order valence-electron chi connectivity index (χ2n) is 3.94. The summed E-state index contributed by atoms with van der Waals surface area (Å²) in [5, 5.41) is 19.4. The van der Waals surface area contributed by atoms with Crippen LogP contribution in [0.1, 0.15) is 13.3 Å². The van der Waals surface area contributed by atoms with E-state index in [-0.39, 0.29) is 29.6 Å². The Kier molecular flexibility index (Phi) is 5.88. The zero-order valence-electron chi connectivity index (χ0n) is 10.8. The number of halogens is 1. The van der Waals surface area contributed by atoms with Gasteiger partial charge in [0, 0.05) is 25.8 Å². The minimum absolute atomic E-state index is 0.118. The van der Waals surface area contributed by atoms with Crippen LogP contribution in [0, 0.1) is 10.1 Å². The van der Waals surface area contributed by atoms with Gasteiger partial charge >= 0.3 is 0 Å². The average Bonchev–Trinajstić information content (AvgIpc) is 2.39. The van der Waals surface area contributed by atoms with Crippen molar-refractivity contribution in [3.63, 3.8) is 0 Å². The Bertz CT molecular complexity index is 590. The molecule has 1 aromatic carbocycles. The Morgan fingerprint density at radius 3 is 2.60 bits per heavy atom. The van der Waals surface area contributed by atoms with Gasteiger partial charge in [0.15, 0.2) is 0 Å². The summed E-state index contributed by atoms with van der Waals surface area (Å²) in [6.07, 6.45) is 0.294. The molecule has 0 aliphatic heterocycles. The lowest BCUT2D eigenvalue weighted by atomic mass is 10.3. The van der Waals surface area contributed by atoms with Gasteiger partial charge in [0.2, 0.25) is 10.0 Å². The lowest BCUT2D eigenvalue weighted by molar-refractivity contribution is -0.384. The molecule has 7 nitrogen and oxygen atoms in total. The number of aliphatic hydroxyl groups is 1. The van der Waals surface area contributed by atoms with Crippen LogP contribution < -0.4 is 0 Å². The van der Waals surface area contributed by atoms with E-state index in [4.69, 9.17) is 16.7 Å². The molecule has 0 fully saturated rings. The van der Waals surface area contributed by atoms with E-state index in [1.807, 2.05) is 0 Å². The Labute approximate surface area is 122 Å². The molecule has 0 radical (unpaired) electrons. The number of hydrogen-bond acceptors (Lipinski definition) is 5. The van der Waals surface area contributed by atoms with E-state index in [1.54, 1.807) is 6.92 Å². The smallest absolute Gasteiger partial charge is 0.289 e. The van der Waals surface area contributed by atoms with Gasteiger partial charge in [0.25, 0.3) is 5.69 Å². The first kappa shape index (κ1) is 16.8. The van der Waals surface area contributed by atoms with Crippen LogP contribution in [0.5, 0.6) is 0 Å². The van der Waals surface area contributed by atoms with Crippen LogP contribution in [-0.2, 0) is 10.0 Å². The molecular formula is C11H15ClN2O5S. The van der Waals surface area contributed by atoms with Crippen LogP contribution >= 0.6 is 11.6 Å². The fourth-order valence-electron chi connectivity index (χ4n) is 1.64. The number of aliphatic hydroxyl groups excluding tert-OH is 1. The number of benzene rings is 1. The molecule has 0 heterocycles. The summed E-state index contributed by atoms with van der Waals surface area (Å²) < 4.78 is 25.8. The molecule has 0 amide bonds. The first-order valence-corrected chi connectivity index (χ1v) is 7.71. The molecule has 1 N–H and O–H groups in total. The van der Waals surface area contributed by atoms with Crippen LogP contribution in [-0.4, -0.2) is 42.4 Å². The summed E-state index contributed by atoms with van der Waals surface area (Å²) in [4.78, 5) is 9.87. The third-order valence-corrected chi connectivity index (χ3v) is 4.96. The van der Waals surface area contributed by atoms with Crippen molar-refractivity contribution in [3.8, 4) is 0 Å². The second kappa shape index (κ2) is 6.98. The summed E-state index contributed by atoms with van der Waals surface area (Å²) in [5.41, 5.74) is -0.453. The van der Waals surface area contributed by atoms with Gasteiger partial charge in [0.05, 0.1) is 9.82 Å². The van der Waals surface area contributed by atoms with Crippen molar-refractivity contribution >= 4 is 27.3 Å². The Hall–Kier alpha value is -1.22. The number of nitro groups is 1. The van der Waals surface area contributed by atoms with Crippen LogP contribution in [0.25, 0.3) is 0 Å². The molecule has 0 unspecified atom stereocenters. The number of hydrogen-bond donors (Lipinski definition) is 1. The standard InChI is InChI=1S/C11H15ClN2O5S/c1-2-13(6-3-7-15)20(18,19)9-4-5-10(12)11(8-9)14(16)17/h4-5,8,15H,2-3,6-7H2,1H3. The summed E-state index contributed by atoms with van der Waals surface area (Å²) in [6.45, 7) is 1.87. The molecule has 0 aliphatic carbocycles. The molecule has 0 bridgehead atoms. The van der Waals surface area contributed by atoms with Gasteiger partial charge in [-0.05, 0) is 18.6 Å². The monoisotopic (exact) mass is 322 g/mol. The fourth-order valence-corrected chi connectivity index (χ4v) is 3.33. The number of sulfonamides is 1. The quantitative estimate of drug-likeness (QED) is 0.607. The van der Waals surface area contributed by atoms with E-state index in [0.717, 1.165) is 10.4 Å². The average molecular weight is 323 g/mol. The Balaban J connectivity index is 3.20. The van der Waals surface area contributed by atoms with E-state index >= 15 is 0 Å². The molecule has 112 valence electrons. The van der Waals surface area contributed by atoms with Crippen molar-refractivity contribution in [1.29, 1.82) is 0 Å². The van der Waals surface area contributed by atoms with Crippen molar-refractivity contribution in [2.24, 2.45) is 0 Å². The minimum atomic E-state index is -3.84. The molecule has 1 rings (SSSR count). The first-order chi connectivity index (χ1) is 9.34. The first-order valence-electron chi connectivity index (χ1n) is 5.89. The van der Waals surface area contributed by atoms with Crippen molar-refractivity contribution in [1.82, 2.24) is 4.31 Å². The van der Waals surface area contributed by atoms with E-state index in [0.29, 0.717) is 6.42 Å². The summed E-state index contributed by atoms with van der Waals surface area (Å²) >= 11 is 5.66. The van der Waals surface area contributed by atoms with Gasteiger partial charge in [-0.1, -0.05) is 18.5 Å². The predicted molar refractivity (Wildman–Crippen MR) is 74.2 cm³/mol. The molecule has 9 heteroatoms. The highest BCUT2D eigenvalue weighted by atomic mass is 35.5. The second-order valence-corrected chi connectivity index (χ2v) is 6.29. The van der Waals surface area contributed by atoms with E-state index < -0.39 is 20.6 Å². The number of nitrogens with zero attached hydrogens (tertiary/aromatic N) is 2. The molecule has 0 aromatic heterocycles. The zero-order chi connectivity index (χ0) is 15.3. The molecule has 0 saturated heterocycles. The Morgan fingerprint density at radius 2 is 2.10 bits per heavy atom. The van der Waals surface area contributed by atoms with Gasteiger partial charge in [-0.15, -0.1) is 0 Å². The normalized spacial score (nSPS) is 11.8. The zero-order valence-corrected chi connectivity index (χ0v) is 12.4. The van der Waals surface area contributed by atoms with Gasteiger partial charge < -0.3 is 5.11 Å². The van der Waals surface area contributed by atoms with Crippen molar-refractivity contribution in [2.75, 3.05) is 19.7 Å². The highest BCUT2D eigenvalue weighted by Crippen LogP contribution is 2.28. The third-order valence-electron chi connectivity index (χ3n) is 2.67. The number of nitro benzene ring substituents is 1. The summed E-state index contributed by atoms with van der Waals surface area (Å²) in [5.74, 6) is 0.